The van der Waals surface area contributed by atoms with Gasteiger partial charge in [-0.3, -0.25) is 5.10 Å². The van der Waals surface area contributed by atoms with Gasteiger partial charge in [0.15, 0.2) is 0 Å². The number of nitrogens with one attached hydrogen (secondary N) is 1. The minimum Gasteiger partial charge on any atom is -0.277 e. The number of hydrogen-bond donors (Lipinski definition) is 1. The van der Waals surface area contributed by atoms with Crippen molar-refractivity contribution in [2.24, 2.45) is 0 Å². The first-order valence-corrected chi connectivity index (χ1v) is 5.13. The van der Waals surface area contributed by atoms with Gasteiger partial charge in [0.1, 0.15) is 17.3 Å². The van der Waals surface area contributed by atoms with Gasteiger partial charge in [-0.2, -0.15) is 5.10 Å². The van der Waals surface area contributed by atoms with E-state index in [1.54, 1.807) is 18.2 Å². The zero-order chi connectivity index (χ0) is 11.8. The van der Waals surface area contributed by atoms with E-state index in [9.17, 15) is 8.78 Å². The molecule has 1 heterocycles. The van der Waals surface area contributed by atoms with Crippen LogP contribution in [0.5, 0.6) is 0 Å². The third kappa shape index (κ3) is 1.67. The van der Waals surface area contributed by atoms with Crippen LogP contribution in [0.15, 0.2) is 42.5 Å². The van der Waals surface area contributed by atoms with Crippen LogP contribution in [0.25, 0.3) is 22.2 Å². The van der Waals surface area contributed by atoms with Crippen LogP contribution < -0.4 is 0 Å². The summed E-state index contributed by atoms with van der Waals surface area (Å²) in [7, 11) is 0. The molecule has 0 aliphatic heterocycles. The van der Waals surface area contributed by atoms with Crippen LogP contribution >= 0.6 is 0 Å². The van der Waals surface area contributed by atoms with Crippen LogP contribution in [-0.4, -0.2) is 10.2 Å². The molecule has 0 radical (unpaired) electrons. The zero-order valence-electron chi connectivity index (χ0n) is 8.74. The Morgan fingerprint density at radius 2 is 1.76 bits per heavy atom. The minimum absolute atomic E-state index is 0.319. The predicted octanol–water partition coefficient (Wildman–Crippen LogP) is 3.51. The minimum atomic E-state index is -0.327. The highest BCUT2D eigenvalue weighted by molar-refractivity contribution is 5.92. The van der Waals surface area contributed by atoms with Crippen LogP contribution in [0.4, 0.5) is 8.78 Å². The van der Waals surface area contributed by atoms with Gasteiger partial charge in [-0.1, -0.05) is 12.1 Å². The Kier molecular flexibility index (Phi) is 2.14. The lowest BCUT2D eigenvalue weighted by atomic mass is 10.1. The number of benzene rings is 2. The Hall–Kier alpha value is -2.23. The van der Waals surface area contributed by atoms with Crippen molar-refractivity contribution in [2.75, 3.05) is 0 Å². The highest BCUT2D eigenvalue weighted by atomic mass is 19.1. The molecule has 0 saturated carbocycles. The number of rotatable bonds is 1. The summed E-state index contributed by atoms with van der Waals surface area (Å²) in [4.78, 5) is 0. The molecule has 0 atom stereocenters. The number of fused-ring (bicyclic) bond motifs is 1. The summed E-state index contributed by atoms with van der Waals surface area (Å²) in [5, 5.41) is 7.60. The van der Waals surface area contributed by atoms with Gasteiger partial charge >= 0.3 is 0 Å². The van der Waals surface area contributed by atoms with E-state index in [4.69, 9.17) is 0 Å². The second-order valence-corrected chi connectivity index (χ2v) is 3.77. The monoisotopic (exact) mass is 230 g/mol. The number of nitrogens with zero attached hydrogens (tertiary/aromatic N) is 1. The number of hydrogen-bond acceptors (Lipinski definition) is 1. The summed E-state index contributed by atoms with van der Waals surface area (Å²) in [5.41, 5.74) is 1.90. The molecule has 17 heavy (non-hydrogen) atoms. The van der Waals surface area contributed by atoms with Crippen LogP contribution in [0.3, 0.4) is 0 Å². The Balaban J connectivity index is 2.24. The van der Waals surface area contributed by atoms with E-state index in [1.807, 2.05) is 0 Å². The molecule has 84 valence electrons. The molecule has 0 unspecified atom stereocenters. The fourth-order valence-corrected chi connectivity index (χ4v) is 1.85. The maximum atomic E-state index is 13.1. The number of aromatic amines is 1. The molecule has 0 spiro atoms. The lowest BCUT2D eigenvalue weighted by molar-refractivity contribution is 0.628. The van der Waals surface area contributed by atoms with E-state index in [1.165, 1.54) is 24.3 Å². The van der Waals surface area contributed by atoms with Crippen molar-refractivity contribution in [2.45, 2.75) is 0 Å². The SMILES string of the molecule is Fc1cccc(-c2n[nH]c3cc(F)ccc23)c1. The molecule has 4 heteroatoms. The van der Waals surface area contributed by atoms with Crippen molar-refractivity contribution in [3.63, 3.8) is 0 Å². The van der Waals surface area contributed by atoms with Crippen molar-refractivity contribution >= 4 is 10.9 Å². The summed E-state index contributed by atoms with van der Waals surface area (Å²) < 4.78 is 26.1. The summed E-state index contributed by atoms with van der Waals surface area (Å²) in [6, 6.07) is 10.5. The molecule has 1 N–H and O–H groups in total. The molecular formula is C13H8F2N2. The first-order chi connectivity index (χ1) is 8.24. The maximum absolute atomic E-state index is 13.1. The molecule has 0 bridgehead atoms. The highest BCUT2D eigenvalue weighted by Gasteiger charge is 2.09. The van der Waals surface area contributed by atoms with Crippen LogP contribution in [-0.2, 0) is 0 Å². The van der Waals surface area contributed by atoms with E-state index in [0.717, 1.165) is 5.39 Å². The smallest absolute Gasteiger partial charge is 0.125 e. The summed E-state index contributed by atoms with van der Waals surface area (Å²) in [6.45, 7) is 0. The average Bonchev–Trinajstić information content (AvgIpc) is 2.71. The fourth-order valence-electron chi connectivity index (χ4n) is 1.85. The second kappa shape index (κ2) is 3.66. The molecule has 1 aromatic heterocycles. The topological polar surface area (TPSA) is 28.7 Å². The number of H-pyrrole nitrogens is 1. The summed E-state index contributed by atoms with van der Waals surface area (Å²) in [6.07, 6.45) is 0. The quantitative estimate of drug-likeness (QED) is 0.680. The van der Waals surface area contributed by atoms with Crippen molar-refractivity contribution in [3.8, 4) is 11.3 Å². The second-order valence-electron chi connectivity index (χ2n) is 3.77. The van der Waals surface area contributed by atoms with Gasteiger partial charge in [0.25, 0.3) is 0 Å². The highest BCUT2D eigenvalue weighted by Crippen LogP contribution is 2.26. The third-order valence-electron chi connectivity index (χ3n) is 2.62. The van der Waals surface area contributed by atoms with Gasteiger partial charge in [0, 0.05) is 10.9 Å². The van der Waals surface area contributed by atoms with E-state index in [0.29, 0.717) is 16.8 Å². The number of aromatic nitrogens is 2. The van der Waals surface area contributed by atoms with Gasteiger partial charge in [-0.25, -0.2) is 8.78 Å². The molecule has 0 saturated heterocycles. The molecule has 3 rings (SSSR count). The van der Waals surface area contributed by atoms with Crippen molar-refractivity contribution in [1.29, 1.82) is 0 Å². The van der Waals surface area contributed by atoms with E-state index in [2.05, 4.69) is 10.2 Å². The standard InChI is InChI=1S/C13H8F2N2/c14-9-3-1-2-8(6-9)13-11-5-4-10(15)7-12(11)16-17-13/h1-7H,(H,16,17). The van der Waals surface area contributed by atoms with Gasteiger partial charge in [0.05, 0.1) is 5.52 Å². The molecule has 0 aliphatic rings. The van der Waals surface area contributed by atoms with Crippen LogP contribution in [0, 0.1) is 11.6 Å². The first kappa shape index (κ1) is 9.96. The van der Waals surface area contributed by atoms with Gasteiger partial charge in [0.2, 0.25) is 0 Å². The van der Waals surface area contributed by atoms with E-state index >= 15 is 0 Å². The molecule has 2 aromatic carbocycles. The molecule has 3 aromatic rings. The Morgan fingerprint density at radius 3 is 2.59 bits per heavy atom. The lowest BCUT2D eigenvalue weighted by Crippen LogP contribution is -1.80. The molecule has 2 nitrogen and oxygen atoms in total. The average molecular weight is 230 g/mol. The fraction of sp³-hybridized carbons (Fsp3) is 0. The summed E-state index contributed by atoms with van der Waals surface area (Å²) in [5.74, 6) is -0.646. The molecule has 0 fully saturated rings. The van der Waals surface area contributed by atoms with Gasteiger partial charge in [-0.15, -0.1) is 0 Å². The van der Waals surface area contributed by atoms with Crippen LogP contribution in [0.2, 0.25) is 0 Å². The van der Waals surface area contributed by atoms with E-state index in [-0.39, 0.29) is 11.6 Å². The number of halogens is 2. The predicted molar refractivity (Wildman–Crippen MR) is 61.4 cm³/mol. The van der Waals surface area contributed by atoms with Crippen molar-refractivity contribution in [3.05, 3.63) is 54.1 Å². The molecular weight excluding hydrogens is 222 g/mol. The van der Waals surface area contributed by atoms with Gasteiger partial charge < -0.3 is 0 Å². The van der Waals surface area contributed by atoms with Gasteiger partial charge in [-0.05, 0) is 30.3 Å². The molecule has 0 amide bonds. The van der Waals surface area contributed by atoms with Crippen LogP contribution in [0.1, 0.15) is 0 Å². The zero-order valence-corrected chi connectivity index (χ0v) is 8.74. The van der Waals surface area contributed by atoms with Crippen molar-refractivity contribution < 1.29 is 8.78 Å². The lowest BCUT2D eigenvalue weighted by Gasteiger charge is -1.97. The molecule has 0 aliphatic carbocycles. The maximum Gasteiger partial charge on any atom is 0.125 e. The Bertz CT molecular complexity index is 689. The normalized spacial score (nSPS) is 10.9. The van der Waals surface area contributed by atoms with Crippen molar-refractivity contribution in [1.82, 2.24) is 10.2 Å². The first-order valence-electron chi connectivity index (χ1n) is 5.13. The largest absolute Gasteiger partial charge is 0.277 e. The van der Waals surface area contributed by atoms with E-state index < -0.39 is 0 Å². The Labute approximate surface area is 95.9 Å². The summed E-state index contributed by atoms with van der Waals surface area (Å²) >= 11 is 0. The Morgan fingerprint density at radius 1 is 0.941 bits per heavy atom. The third-order valence-corrected chi connectivity index (χ3v) is 2.62.